The Bertz CT molecular complexity index is 548. The monoisotopic (exact) mass is 237 g/mol. The molecule has 0 saturated carbocycles. The second-order valence-corrected chi connectivity index (χ2v) is 3.74. The second-order valence-electron chi connectivity index (χ2n) is 3.30. The van der Waals surface area contributed by atoms with E-state index in [9.17, 15) is 4.79 Å². The van der Waals surface area contributed by atoms with Crippen molar-refractivity contribution in [3.8, 4) is 11.3 Å². The van der Waals surface area contributed by atoms with Gasteiger partial charge in [0, 0.05) is 16.1 Å². The first kappa shape index (κ1) is 10.7. The van der Waals surface area contributed by atoms with Crippen LogP contribution in [0.15, 0.2) is 28.8 Å². The molecule has 2 aromatic rings. The van der Waals surface area contributed by atoms with Crippen molar-refractivity contribution in [2.24, 2.45) is 0 Å². The molecule has 0 aliphatic carbocycles. The summed E-state index contributed by atoms with van der Waals surface area (Å²) in [5.41, 5.74) is 1.13. The van der Waals surface area contributed by atoms with Gasteiger partial charge in [-0.3, -0.25) is 0 Å². The van der Waals surface area contributed by atoms with Gasteiger partial charge in [0.15, 0.2) is 11.5 Å². The molecule has 0 aliphatic rings. The maximum absolute atomic E-state index is 10.8. The van der Waals surface area contributed by atoms with Gasteiger partial charge in [-0.1, -0.05) is 28.9 Å². The van der Waals surface area contributed by atoms with Gasteiger partial charge in [0.2, 0.25) is 0 Å². The molecule has 1 aromatic carbocycles. The molecule has 16 heavy (non-hydrogen) atoms. The van der Waals surface area contributed by atoms with Crippen LogP contribution in [-0.2, 0) is 0 Å². The Morgan fingerprint density at radius 3 is 2.81 bits per heavy atom. The van der Waals surface area contributed by atoms with Crippen LogP contribution in [-0.4, -0.2) is 16.2 Å². The van der Waals surface area contributed by atoms with E-state index < -0.39 is 5.97 Å². The highest BCUT2D eigenvalue weighted by atomic mass is 35.5. The van der Waals surface area contributed by atoms with Crippen LogP contribution in [0, 0.1) is 6.92 Å². The summed E-state index contributed by atoms with van der Waals surface area (Å²) in [7, 11) is 0. The summed E-state index contributed by atoms with van der Waals surface area (Å²) in [4.78, 5) is 10.8. The molecule has 0 atom stereocenters. The molecular formula is C11H8ClNO3. The number of carboxylic acid groups (broad SMARTS) is 1. The first-order valence-electron chi connectivity index (χ1n) is 4.55. The van der Waals surface area contributed by atoms with Crippen molar-refractivity contribution in [2.45, 2.75) is 6.92 Å². The maximum atomic E-state index is 10.8. The largest absolute Gasteiger partial charge is 0.476 e. The summed E-state index contributed by atoms with van der Waals surface area (Å²) in [6.07, 6.45) is 0. The highest BCUT2D eigenvalue weighted by Crippen LogP contribution is 2.27. The van der Waals surface area contributed by atoms with Gasteiger partial charge in [-0.2, -0.15) is 0 Å². The smallest absolute Gasteiger partial charge is 0.358 e. The van der Waals surface area contributed by atoms with E-state index in [-0.39, 0.29) is 5.69 Å². The van der Waals surface area contributed by atoms with Crippen LogP contribution in [0.1, 0.15) is 16.1 Å². The summed E-state index contributed by atoms with van der Waals surface area (Å²) in [5, 5.41) is 12.9. The normalized spacial score (nSPS) is 10.4. The number of benzene rings is 1. The van der Waals surface area contributed by atoms with Crippen LogP contribution in [0.4, 0.5) is 0 Å². The van der Waals surface area contributed by atoms with Crippen molar-refractivity contribution in [1.82, 2.24) is 5.16 Å². The summed E-state index contributed by atoms with van der Waals surface area (Å²) < 4.78 is 5.01. The Balaban J connectivity index is 2.53. The molecule has 2 rings (SSSR count). The van der Waals surface area contributed by atoms with E-state index in [1.165, 1.54) is 0 Å². The van der Waals surface area contributed by atoms with Crippen molar-refractivity contribution in [3.05, 3.63) is 40.5 Å². The van der Waals surface area contributed by atoms with E-state index in [2.05, 4.69) is 5.16 Å². The van der Waals surface area contributed by atoms with E-state index in [0.29, 0.717) is 21.9 Å². The fraction of sp³-hybridized carbons (Fsp3) is 0.0909. The number of halogens is 1. The molecule has 0 bridgehead atoms. The number of rotatable bonds is 2. The zero-order valence-corrected chi connectivity index (χ0v) is 9.15. The average molecular weight is 238 g/mol. The third-order valence-electron chi connectivity index (χ3n) is 2.21. The fourth-order valence-corrected chi connectivity index (χ4v) is 1.62. The Morgan fingerprint density at radius 1 is 1.50 bits per heavy atom. The number of hydrogen-bond acceptors (Lipinski definition) is 3. The van der Waals surface area contributed by atoms with Crippen LogP contribution in [0.5, 0.6) is 0 Å². The minimum atomic E-state index is -1.10. The number of aromatic nitrogens is 1. The van der Waals surface area contributed by atoms with Crippen LogP contribution in [0.25, 0.3) is 11.3 Å². The lowest BCUT2D eigenvalue weighted by Crippen LogP contribution is -1.98. The highest BCUT2D eigenvalue weighted by Gasteiger charge is 2.18. The Morgan fingerprint density at radius 2 is 2.25 bits per heavy atom. The van der Waals surface area contributed by atoms with E-state index in [1.807, 2.05) is 0 Å². The predicted octanol–water partition coefficient (Wildman–Crippen LogP) is 3.00. The Hall–Kier alpha value is -1.81. The van der Waals surface area contributed by atoms with Gasteiger partial charge in [-0.05, 0) is 19.1 Å². The number of carboxylic acids is 1. The lowest BCUT2D eigenvalue weighted by molar-refractivity contribution is 0.0685. The molecule has 4 nitrogen and oxygen atoms in total. The standard InChI is InChI=1S/C11H8ClNO3/c1-6-9(11(14)15)13-16-10(6)7-3-2-4-8(12)5-7/h2-5H,1H3,(H,14,15). The molecule has 0 aliphatic heterocycles. The third-order valence-corrected chi connectivity index (χ3v) is 2.45. The van der Waals surface area contributed by atoms with Gasteiger partial charge in [0.25, 0.3) is 0 Å². The van der Waals surface area contributed by atoms with E-state index in [1.54, 1.807) is 31.2 Å². The Labute approximate surface area is 96.4 Å². The highest BCUT2D eigenvalue weighted by molar-refractivity contribution is 6.30. The number of hydrogen-bond donors (Lipinski definition) is 1. The molecule has 0 unspecified atom stereocenters. The first-order valence-corrected chi connectivity index (χ1v) is 4.93. The molecular weight excluding hydrogens is 230 g/mol. The lowest BCUT2D eigenvalue weighted by Gasteiger charge is -1.97. The first-order chi connectivity index (χ1) is 7.59. The summed E-state index contributed by atoms with van der Waals surface area (Å²) in [6, 6.07) is 6.97. The van der Waals surface area contributed by atoms with Crippen LogP contribution >= 0.6 is 11.6 Å². The molecule has 5 heteroatoms. The minimum absolute atomic E-state index is 0.0741. The van der Waals surface area contributed by atoms with Crippen LogP contribution in [0.2, 0.25) is 5.02 Å². The Kier molecular flexibility index (Phi) is 2.66. The molecule has 0 spiro atoms. The number of nitrogens with zero attached hydrogens (tertiary/aromatic N) is 1. The number of carbonyl (C=O) groups is 1. The molecule has 82 valence electrons. The molecule has 0 amide bonds. The third kappa shape index (κ3) is 1.79. The maximum Gasteiger partial charge on any atom is 0.358 e. The molecule has 1 aromatic heterocycles. The van der Waals surface area contributed by atoms with Gasteiger partial charge < -0.3 is 9.63 Å². The van der Waals surface area contributed by atoms with Gasteiger partial charge in [-0.15, -0.1) is 0 Å². The second kappa shape index (κ2) is 3.98. The zero-order valence-electron chi connectivity index (χ0n) is 8.40. The summed E-state index contributed by atoms with van der Waals surface area (Å²) in [5.74, 6) is -0.672. The van der Waals surface area contributed by atoms with Gasteiger partial charge in [0.05, 0.1) is 0 Å². The number of aromatic carboxylic acids is 1. The van der Waals surface area contributed by atoms with E-state index >= 15 is 0 Å². The van der Waals surface area contributed by atoms with Gasteiger partial charge in [0.1, 0.15) is 0 Å². The van der Waals surface area contributed by atoms with Crippen molar-refractivity contribution in [1.29, 1.82) is 0 Å². The molecule has 1 N–H and O–H groups in total. The van der Waals surface area contributed by atoms with Crippen molar-refractivity contribution in [2.75, 3.05) is 0 Å². The molecule has 0 radical (unpaired) electrons. The zero-order chi connectivity index (χ0) is 11.7. The fourth-order valence-electron chi connectivity index (χ4n) is 1.43. The summed E-state index contributed by atoms with van der Waals surface area (Å²) >= 11 is 5.84. The topological polar surface area (TPSA) is 63.3 Å². The lowest BCUT2D eigenvalue weighted by atomic mass is 10.1. The molecule has 1 heterocycles. The van der Waals surface area contributed by atoms with Crippen LogP contribution in [0.3, 0.4) is 0 Å². The van der Waals surface area contributed by atoms with Crippen molar-refractivity contribution < 1.29 is 14.4 Å². The minimum Gasteiger partial charge on any atom is -0.476 e. The van der Waals surface area contributed by atoms with E-state index in [4.69, 9.17) is 21.2 Å². The van der Waals surface area contributed by atoms with Crippen molar-refractivity contribution in [3.63, 3.8) is 0 Å². The van der Waals surface area contributed by atoms with Crippen molar-refractivity contribution >= 4 is 17.6 Å². The van der Waals surface area contributed by atoms with Crippen LogP contribution < -0.4 is 0 Å². The quantitative estimate of drug-likeness (QED) is 0.872. The molecule has 0 saturated heterocycles. The predicted molar refractivity (Wildman–Crippen MR) is 58.6 cm³/mol. The SMILES string of the molecule is Cc1c(C(=O)O)noc1-c1cccc(Cl)c1. The van der Waals surface area contributed by atoms with E-state index in [0.717, 1.165) is 0 Å². The summed E-state index contributed by atoms with van der Waals surface area (Å²) in [6.45, 7) is 1.65. The van der Waals surface area contributed by atoms with Gasteiger partial charge in [-0.25, -0.2) is 4.79 Å². The average Bonchev–Trinajstić information content (AvgIpc) is 2.60. The van der Waals surface area contributed by atoms with Gasteiger partial charge >= 0.3 is 5.97 Å². The molecule has 0 fully saturated rings.